The SMILES string of the molecule is C[C@H](Oc1ccc(C#N)cc1)C(=O)OCC(=O)Nc1cccc(Cl)c1Cl. The number of halogens is 2. The van der Waals surface area contributed by atoms with Gasteiger partial charge in [0.1, 0.15) is 5.75 Å². The summed E-state index contributed by atoms with van der Waals surface area (Å²) in [5.41, 5.74) is 0.797. The number of amides is 1. The van der Waals surface area contributed by atoms with E-state index in [1.807, 2.05) is 6.07 Å². The zero-order chi connectivity index (χ0) is 19.1. The molecule has 2 aromatic carbocycles. The van der Waals surface area contributed by atoms with Gasteiger partial charge >= 0.3 is 5.97 Å². The van der Waals surface area contributed by atoms with E-state index in [1.54, 1.807) is 42.5 Å². The summed E-state index contributed by atoms with van der Waals surface area (Å²) in [6.45, 7) is 0.995. The number of carbonyl (C=O) groups is 2. The van der Waals surface area contributed by atoms with E-state index >= 15 is 0 Å². The van der Waals surface area contributed by atoms with E-state index in [2.05, 4.69) is 5.32 Å². The number of nitriles is 1. The third-order valence-electron chi connectivity index (χ3n) is 3.20. The van der Waals surface area contributed by atoms with E-state index in [-0.39, 0.29) is 5.02 Å². The largest absolute Gasteiger partial charge is 0.479 e. The van der Waals surface area contributed by atoms with Gasteiger partial charge in [0.25, 0.3) is 5.91 Å². The number of hydrogen-bond acceptors (Lipinski definition) is 5. The number of hydrogen-bond donors (Lipinski definition) is 1. The van der Waals surface area contributed by atoms with Gasteiger partial charge in [-0.3, -0.25) is 4.79 Å². The van der Waals surface area contributed by atoms with Crippen LogP contribution in [0.5, 0.6) is 5.75 Å². The molecule has 6 nitrogen and oxygen atoms in total. The van der Waals surface area contributed by atoms with Crippen LogP contribution in [0.15, 0.2) is 42.5 Å². The Labute approximate surface area is 160 Å². The maximum atomic E-state index is 11.9. The van der Waals surface area contributed by atoms with Gasteiger partial charge in [-0.2, -0.15) is 5.26 Å². The summed E-state index contributed by atoms with van der Waals surface area (Å²) in [4.78, 5) is 23.8. The van der Waals surface area contributed by atoms with Crippen molar-refractivity contribution >= 4 is 40.8 Å². The molecule has 0 saturated carbocycles. The average Bonchev–Trinajstić information content (AvgIpc) is 2.64. The predicted molar refractivity (Wildman–Crippen MR) is 97.3 cm³/mol. The Kier molecular flexibility index (Phi) is 6.84. The minimum Gasteiger partial charge on any atom is -0.479 e. The second kappa shape index (κ2) is 9.09. The van der Waals surface area contributed by atoms with Gasteiger partial charge in [-0.15, -0.1) is 0 Å². The number of carbonyl (C=O) groups excluding carboxylic acids is 2. The van der Waals surface area contributed by atoms with E-state index in [4.69, 9.17) is 37.9 Å². The zero-order valence-electron chi connectivity index (χ0n) is 13.7. The van der Waals surface area contributed by atoms with Crippen molar-refractivity contribution in [2.75, 3.05) is 11.9 Å². The smallest absolute Gasteiger partial charge is 0.347 e. The molecule has 0 aliphatic carbocycles. The van der Waals surface area contributed by atoms with E-state index in [9.17, 15) is 9.59 Å². The number of nitrogens with one attached hydrogen (secondary N) is 1. The molecular weight excluding hydrogens is 379 g/mol. The summed E-state index contributed by atoms with van der Waals surface area (Å²) in [6.07, 6.45) is -0.925. The van der Waals surface area contributed by atoms with Crippen LogP contribution in [-0.2, 0) is 14.3 Å². The lowest BCUT2D eigenvalue weighted by Crippen LogP contribution is -2.29. The number of esters is 1. The lowest BCUT2D eigenvalue weighted by molar-refractivity contribution is -0.153. The summed E-state index contributed by atoms with van der Waals surface area (Å²) in [7, 11) is 0. The monoisotopic (exact) mass is 392 g/mol. The molecule has 8 heteroatoms. The fourth-order valence-corrected chi connectivity index (χ4v) is 2.25. The Morgan fingerprint density at radius 3 is 2.54 bits per heavy atom. The Bertz CT molecular complexity index is 847. The highest BCUT2D eigenvalue weighted by Gasteiger charge is 2.18. The van der Waals surface area contributed by atoms with Crippen molar-refractivity contribution in [2.45, 2.75) is 13.0 Å². The first-order valence-electron chi connectivity index (χ1n) is 7.48. The van der Waals surface area contributed by atoms with Gasteiger partial charge in [-0.25, -0.2) is 4.79 Å². The van der Waals surface area contributed by atoms with Crippen LogP contribution in [0.3, 0.4) is 0 Å². The third kappa shape index (κ3) is 5.38. The van der Waals surface area contributed by atoms with Crippen molar-refractivity contribution in [1.82, 2.24) is 0 Å². The predicted octanol–water partition coefficient (Wildman–Crippen LogP) is 3.81. The molecule has 1 amide bonds. The first-order valence-corrected chi connectivity index (χ1v) is 8.23. The summed E-state index contributed by atoms with van der Waals surface area (Å²) in [6, 6.07) is 13.0. The summed E-state index contributed by atoms with van der Waals surface area (Å²) < 4.78 is 10.3. The molecule has 0 bridgehead atoms. The zero-order valence-corrected chi connectivity index (χ0v) is 15.2. The lowest BCUT2D eigenvalue weighted by atomic mass is 10.2. The summed E-state index contributed by atoms with van der Waals surface area (Å²) >= 11 is 11.8. The van der Waals surface area contributed by atoms with Gasteiger partial charge in [0, 0.05) is 0 Å². The second-order valence-corrected chi connectivity index (χ2v) is 5.94. The second-order valence-electron chi connectivity index (χ2n) is 5.15. The van der Waals surface area contributed by atoms with Gasteiger partial charge in [-0.1, -0.05) is 29.3 Å². The first kappa shape index (κ1) is 19.6. The molecular formula is C18H14Cl2N2O4. The summed E-state index contributed by atoms with van der Waals surface area (Å²) in [5.74, 6) is -0.863. The summed E-state index contributed by atoms with van der Waals surface area (Å²) in [5, 5.41) is 11.7. The topological polar surface area (TPSA) is 88.4 Å². The van der Waals surface area contributed by atoms with Crippen LogP contribution in [0.4, 0.5) is 5.69 Å². The molecule has 1 N–H and O–H groups in total. The van der Waals surface area contributed by atoms with E-state index in [0.29, 0.717) is 22.0 Å². The van der Waals surface area contributed by atoms with Crippen molar-refractivity contribution in [3.63, 3.8) is 0 Å². The number of ether oxygens (including phenoxy) is 2. The normalized spacial score (nSPS) is 11.2. The first-order chi connectivity index (χ1) is 12.4. The van der Waals surface area contributed by atoms with Gasteiger partial charge in [-0.05, 0) is 43.3 Å². The Morgan fingerprint density at radius 1 is 1.19 bits per heavy atom. The van der Waals surface area contributed by atoms with E-state index in [1.165, 1.54) is 6.92 Å². The van der Waals surface area contributed by atoms with Crippen LogP contribution < -0.4 is 10.1 Å². The van der Waals surface area contributed by atoms with Crippen molar-refractivity contribution in [1.29, 1.82) is 5.26 Å². The molecule has 0 heterocycles. The van der Waals surface area contributed by atoms with Gasteiger partial charge < -0.3 is 14.8 Å². The maximum Gasteiger partial charge on any atom is 0.347 e. The number of nitrogens with zero attached hydrogens (tertiary/aromatic N) is 1. The fraction of sp³-hybridized carbons (Fsp3) is 0.167. The van der Waals surface area contributed by atoms with Crippen LogP contribution >= 0.6 is 23.2 Å². The number of anilines is 1. The van der Waals surface area contributed by atoms with Crippen LogP contribution in [0.25, 0.3) is 0 Å². The van der Waals surface area contributed by atoms with Crippen molar-refractivity contribution in [3.8, 4) is 11.8 Å². The Hall–Kier alpha value is -2.75. The quantitative estimate of drug-likeness (QED) is 0.754. The minimum absolute atomic E-state index is 0.200. The third-order valence-corrected chi connectivity index (χ3v) is 4.02. The molecule has 0 saturated heterocycles. The molecule has 0 aliphatic heterocycles. The van der Waals surface area contributed by atoms with Crippen molar-refractivity contribution in [3.05, 3.63) is 58.1 Å². The molecule has 1 atom stereocenters. The molecule has 2 rings (SSSR count). The molecule has 134 valence electrons. The standard InChI is InChI=1S/C18H14Cl2N2O4/c1-11(26-13-7-5-12(9-21)6-8-13)18(24)25-10-16(23)22-15-4-2-3-14(19)17(15)20/h2-8,11H,10H2,1H3,(H,22,23)/t11-/m0/s1. The lowest BCUT2D eigenvalue weighted by Gasteiger charge is -2.14. The highest BCUT2D eigenvalue weighted by atomic mass is 35.5. The molecule has 0 unspecified atom stereocenters. The molecule has 26 heavy (non-hydrogen) atoms. The number of rotatable bonds is 6. The van der Waals surface area contributed by atoms with E-state index < -0.39 is 24.6 Å². The molecule has 0 aromatic heterocycles. The fourth-order valence-electron chi connectivity index (χ4n) is 1.90. The van der Waals surface area contributed by atoms with Crippen LogP contribution in [0.1, 0.15) is 12.5 Å². The highest BCUT2D eigenvalue weighted by Crippen LogP contribution is 2.29. The molecule has 0 fully saturated rings. The Morgan fingerprint density at radius 2 is 1.88 bits per heavy atom. The van der Waals surface area contributed by atoms with Crippen LogP contribution in [-0.4, -0.2) is 24.6 Å². The molecule has 0 radical (unpaired) electrons. The minimum atomic E-state index is -0.925. The number of benzene rings is 2. The van der Waals surface area contributed by atoms with Gasteiger partial charge in [0.2, 0.25) is 0 Å². The van der Waals surface area contributed by atoms with E-state index in [0.717, 1.165) is 0 Å². The Balaban J connectivity index is 1.84. The van der Waals surface area contributed by atoms with Crippen molar-refractivity contribution < 1.29 is 19.1 Å². The average molecular weight is 393 g/mol. The maximum absolute atomic E-state index is 11.9. The van der Waals surface area contributed by atoms with Crippen molar-refractivity contribution in [2.24, 2.45) is 0 Å². The molecule has 2 aromatic rings. The van der Waals surface area contributed by atoms with Crippen LogP contribution in [0.2, 0.25) is 10.0 Å². The molecule has 0 aliphatic rings. The molecule has 0 spiro atoms. The highest BCUT2D eigenvalue weighted by molar-refractivity contribution is 6.44. The van der Waals surface area contributed by atoms with Gasteiger partial charge in [0.05, 0.1) is 27.4 Å². The van der Waals surface area contributed by atoms with Crippen LogP contribution in [0, 0.1) is 11.3 Å². The van der Waals surface area contributed by atoms with Gasteiger partial charge in [0.15, 0.2) is 12.7 Å².